The lowest BCUT2D eigenvalue weighted by atomic mass is 10.1. The number of hydrogen-bond donors (Lipinski definition) is 2. The van der Waals surface area contributed by atoms with Gasteiger partial charge in [-0.1, -0.05) is 23.7 Å². The van der Waals surface area contributed by atoms with Gasteiger partial charge in [0, 0.05) is 41.2 Å². The smallest absolute Gasteiger partial charge is 0.267 e. The van der Waals surface area contributed by atoms with Crippen molar-refractivity contribution in [3.8, 4) is 0 Å². The highest BCUT2D eigenvalue weighted by atomic mass is 35.5. The molecule has 1 aliphatic heterocycles. The van der Waals surface area contributed by atoms with Crippen LogP contribution in [0.1, 0.15) is 35.3 Å². The molecule has 1 fully saturated rings. The summed E-state index contributed by atoms with van der Waals surface area (Å²) in [5.41, 5.74) is 4.02. The number of carbonyl (C=O) groups is 1. The van der Waals surface area contributed by atoms with E-state index < -0.39 is 0 Å². The summed E-state index contributed by atoms with van der Waals surface area (Å²) < 4.78 is 0. The molecule has 0 spiro atoms. The van der Waals surface area contributed by atoms with Gasteiger partial charge in [0.05, 0.1) is 0 Å². The molecule has 5 heteroatoms. The lowest BCUT2D eigenvalue weighted by Gasteiger charge is -2.28. The zero-order chi connectivity index (χ0) is 18.6. The third-order valence-electron chi connectivity index (χ3n) is 5.18. The van der Waals surface area contributed by atoms with Crippen LogP contribution < -0.4 is 10.2 Å². The predicted octanol–water partition coefficient (Wildman–Crippen LogP) is 4.78. The zero-order valence-electron chi connectivity index (χ0n) is 15.3. The first-order chi connectivity index (χ1) is 13.2. The van der Waals surface area contributed by atoms with E-state index in [1.54, 1.807) is 0 Å². The fraction of sp³-hybridized carbons (Fsp3) is 0.318. The highest BCUT2D eigenvalue weighted by Crippen LogP contribution is 2.21. The van der Waals surface area contributed by atoms with Gasteiger partial charge in [-0.25, -0.2) is 0 Å². The Kier molecular flexibility index (Phi) is 5.35. The zero-order valence-corrected chi connectivity index (χ0v) is 16.1. The average Bonchev–Trinajstić information content (AvgIpc) is 3.12. The van der Waals surface area contributed by atoms with Crippen LogP contribution in [0.15, 0.2) is 48.5 Å². The second-order valence-electron chi connectivity index (χ2n) is 7.13. The molecular formula is C22H24ClN3O. The van der Waals surface area contributed by atoms with Crippen LogP contribution in [0.2, 0.25) is 5.02 Å². The Morgan fingerprint density at radius 1 is 1.04 bits per heavy atom. The quantitative estimate of drug-likeness (QED) is 0.667. The maximum Gasteiger partial charge on any atom is 0.267 e. The molecule has 1 amide bonds. The van der Waals surface area contributed by atoms with Crippen LogP contribution in [-0.4, -0.2) is 30.5 Å². The van der Waals surface area contributed by atoms with E-state index in [4.69, 9.17) is 11.6 Å². The van der Waals surface area contributed by atoms with Crippen LogP contribution in [0.25, 0.3) is 10.9 Å². The molecule has 0 aliphatic carbocycles. The third kappa shape index (κ3) is 4.28. The highest BCUT2D eigenvalue weighted by molar-refractivity contribution is 6.31. The van der Waals surface area contributed by atoms with E-state index in [1.807, 2.05) is 24.3 Å². The van der Waals surface area contributed by atoms with Crippen LogP contribution in [0.3, 0.4) is 0 Å². The minimum absolute atomic E-state index is 0.0905. The van der Waals surface area contributed by atoms with Crippen molar-refractivity contribution in [1.29, 1.82) is 0 Å². The maximum absolute atomic E-state index is 12.4. The Bertz CT molecular complexity index is 926. The normalized spacial score (nSPS) is 14.5. The second kappa shape index (κ2) is 8.05. The first-order valence-electron chi connectivity index (χ1n) is 9.59. The van der Waals surface area contributed by atoms with Gasteiger partial charge in [0.15, 0.2) is 0 Å². The molecule has 0 saturated carbocycles. The van der Waals surface area contributed by atoms with Gasteiger partial charge in [-0.15, -0.1) is 0 Å². The van der Waals surface area contributed by atoms with E-state index >= 15 is 0 Å². The van der Waals surface area contributed by atoms with E-state index in [0.717, 1.165) is 30.4 Å². The SMILES string of the molecule is O=C(NCCc1ccc(N2CCCCC2)cc1)c1cc2cc(Cl)ccc2[nH]1. The van der Waals surface area contributed by atoms with Crippen molar-refractivity contribution in [3.05, 3.63) is 64.8 Å². The first kappa shape index (κ1) is 17.9. The summed E-state index contributed by atoms with van der Waals surface area (Å²) in [6, 6.07) is 16.1. The Hall–Kier alpha value is -2.46. The highest BCUT2D eigenvalue weighted by Gasteiger charge is 2.11. The molecule has 27 heavy (non-hydrogen) atoms. The molecule has 1 aromatic heterocycles. The molecule has 1 saturated heterocycles. The van der Waals surface area contributed by atoms with E-state index in [1.165, 1.54) is 30.5 Å². The largest absolute Gasteiger partial charge is 0.372 e. The standard InChI is InChI=1S/C22H24ClN3O/c23-18-6-9-20-17(14-18)15-21(25-20)22(27)24-11-10-16-4-7-19(8-5-16)26-12-2-1-3-13-26/h4-9,14-15,25H,1-3,10-13H2,(H,24,27). The topological polar surface area (TPSA) is 48.1 Å². The van der Waals surface area contributed by atoms with E-state index in [2.05, 4.69) is 39.5 Å². The van der Waals surface area contributed by atoms with Gasteiger partial charge in [-0.05, 0) is 67.6 Å². The summed E-state index contributed by atoms with van der Waals surface area (Å²) in [5, 5.41) is 4.60. The van der Waals surface area contributed by atoms with Crippen molar-refractivity contribution in [3.63, 3.8) is 0 Å². The Morgan fingerprint density at radius 3 is 2.59 bits per heavy atom. The summed E-state index contributed by atoms with van der Waals surface area (Å²) in [4.78, 5) is 18.0. The number of benzene rings is 2. The summed E-state index contributed by atoms with van der Waals surface area (Å²) >= 11 is 6.00. The van der Waals surface area contributed by atoms with Crippen molar-refractivity contribution >= 4 is 34.1 Å². The number of amides is 1. The number of aromatic amines is 1. The number of nitrogens with zero attached hydrogens (tertiary/aromatic N) is 1. The van der Waals surface area contributed by atoms with Crippen LogP contribution in [0.5, 0.6) is 0 Å². The van der Waals surface area contributed by atoms with E-state index in [0.29, 0.717) is 17.3 Å². The molecule has 0 bridgehead atoms. The number of halogens is 1. The number of H-pyrrole nitrogens is 1. The Balaban J connectivity index is 1.31. The van der Waals surface area contributed by atoms with Gasteiger partial charge >= 0.3 is 0 Å². The minimum atomic E-state index is -0.0905. The molecule has 2 aromatic carbocycles. The number of hydrogen-bond acceptors (Lipinski definition) is 2. The number of fused-ring (bicyclic) bond motifs is 1. The molecule has 3 aromatic rings. The monoisotopic (exact) mass is 381 g/mol. The molecule has 4 rings (SSSR count). The van der Waals surface area contributed by atoms with Crippen LogP contribution in [0, 0.1) is 0 Å². The van der Waals surface area contributed by atoms with Crippen molar-refractivity contribution in [1.82, 2.24) is 10.3 Å². The molecule has 0 radical (unpaired) electrons. The number of rotatable bonds is 5. The summed E-state index contributed by atoms with van der Waals surface area (Å²) in [5.74, 6) is -0.0905. The van der Waals surface area contributed by atoms with Gasteiger partial charge < -0.3 is 15.2 Å². The third-order valence-corrected chi connectivity index (χ3v) is 5.42. The van der Waals surface area contributed by atoms with Gasteiger partial charge in [0.1, 0.15) is 5.69 Å². The minimum Gasteiger partial charge on any atom is -0.372 e. The van der Waals surface area contributed by atoms with Gasteiger partial charge in [0.2, 0.25) is 0 Å². The number of nitrogens with one attached hydrogen (secondary N) is 2. The molecule has 0 atom stereocenters. The molecule has 140 valence electrons. The predicted molar refractivity (Wildman–Crippen MR) is 112 cm³/mol. The van der Waals surface area contributed by atoms with E-state index in [9.17, 15) is 4.79 Å². The van der Waals surface area contributed by atoms with Crippen molar-refractivity contribution in [2.24, 2.45) is 0 Å². The molecule has 0 unspecified atom stereocenters. The van der Waals surface area contributed by atoms with Crippen molar-refractivity contribution in [2.45, 2.75) is 25.7 Å². The van der Waals surface area contributed by atoms with Crippen LogP contribution >= 0.6 is 11.6 Å². The summed E-state index contributed by atoms with van der Waals surface area (Å²) in [6.07, 6.45) is 4.73. The fourth-order valence-corrected chi connectivity index (χ4v) is 3.85. The van der Waals surface area contributed by atoms with Gasteiger partial charge in [-0.3, -0.25) is 4.79 Å². The lowest BCUT2D eigenvalue weighted by Crippen LogP contribution is -2.29. The molecular weight excluding hydrogens is 358 g/mol. The van der Waals surface area contributed by atoms with Crippen molar-refractivity contribution < 1.29 is 4.79 Å². The average molecular weight is 382 g/mol. The molecule has 2 heterocycles. The second-order valence-corrected chi connectivity index (χ2v) is 7.57. The first-order valence-corrected chi connectivity index (χ1v) is 9.97. The van der Waals surface area contributed by atoms with Gasteiger partial charge in [0.25, 0.3) is 5.91 Å². The van der Waals surface area contributed by atoms with Crippen LogP contribution in [-0.2, 0) is 6.42 Å². The summed E-state index contributed by atoms with van der Waals surface area (Å²) in [6.45, 7) is 2.92. The van der Waals surface area contributed by atoms with Crippen LogP contribution in [0.4, 0.5) is 5.69 Å². The molecule has 2 N–H and O–H groups in total. The summed E-state index contributed by atoms with van der Waals surface area (Å²) in [7, 11) is 0. The molecule has 4 nitrogen and oxygen atoms in total. The fourth-order valence-electron chi connectivity index (χ4n) is 3.67. The lowest BCUT2D eigenvalue weighted by molar-refractivity contribution is 0.0950. The number of carbonyl (C=O) groups excluding carboxylic acids is 1. The number of anilines is 1. The molecule has 1 aliphatic rings. The number of piperidine rings is 1. The van der Waals surface area contributed by atoms with Crippen molar-refractivity contribution in [2.75, 3.05) is 24.5 Å². The number of aromatic nitrogens is 1. The maximum atomic E-state index is 12.4. The van der Waals surface area contributed by atoms with E-state index in [-0.39, 0.29) is 5.91 Å². The van der Waals surface area contributed by atoms with Gasteiger partial charge in [-0.2, -0.15) is 0 Å². The Labute approximate surface area is 164 Å². The Morgan fingerprint density at radius 2 is 1.81 bits per heavy atom.